The average Bonchev–Trinajstić information content (AvgIpc) is 2.69. The van der Waals surface area contributed by atoms with E-state index in [2.05, 4.69) is 20.7 Å². The smallest absolute Gasteiger partial charge is 0.263 e. The highest BCUT2D eigenvalue weighted by molar-refractivity contribution is 9.10. The summed E-state index contributed by atoms with van der Waals surface area (Å²) < 4.78 is 28.3. The number of anilines is 1. The summed E-state index contributed by atoms with van der Waals surface area (Å²) in [5, 5.41) is 0. The van der Waals surface area contributed by atoms with E-state index in [1.54, 1.807) is 25.1 Å². The van der Waals surface area contributed by atoms with Crippen molar-refractivity contribution < 1.29 is 8.42 Å². The topological polar surface area (TPSA) is 72.2 Å². The SMILES string of the molecule is Cc1cc(Br)cc(NS(=O)(=O)c2cc(CN)sc2C)c1. The lowest BCUT2D eigenvalue weighted by atomic mass is 10.2. The fourth-order valence-corrected chi connectivity index (χ4v) is 5.06. The zero-order chi connectivity index (χ0) is 14.9. The summed E-state index contributed by atoms with van der Waals surface area (Å²) in [5.74, 6) is 0. The molecule has 4 nitrogen and oxygen atoms in total. The standard InChI is InChI=1S/C13H15BrN2O2S2/c1-8-3-10(14)5-11(4-8)16-20(17,18)13-6-12(7-15)19-9(13)2/h3-6,16H,7,15H2,1-2H3. The fourth-order valence-electron chi connectivity index (χ4n) is 1.90. The number of rotatable bonds is 4. The summed E-state index contributed by atoms with van der Waals surface area (Å²) in [7, 11) is -3.58. The van der Waals surface area contributed by atoms with Crippen molar-refractivity contribution in [2.75, 3.05) is 4.72 Å². The molecule has 2 aromatic rings. The van der Waals surface area contributed by atoms with Crippen LogP contribution in [0.15, 0.2) is 33.6 Å². The van der Waals surface area contributed by atoms with Crippen LogP contribution in [-0.2, 0) is 16.6 Å². The van der Waals surface area contributed by atoms with Crippen molar-refractivity contribution in [3.05, 3.63) is 44.1 Å². The van der Waals surface area contributed by atoms with Crippen LogP contribution < -0.4 is 10.5 Å². The molecule has 0 fully saturated rings. The molecule has 3 N–H and O–H groups in total. The number of benzene rings is 1. The van der Waals surface area contributed by atoms with E-state index in [1.807, 2.05) is 13.0 Å². The number of nitrogens with two attached hydrogens (primary N) is 1. The highest BCUT2D eigenvalue weighted by atomic mass is 79.9. The van der Waals surface area contributed by atoms with Gasteiger partial charge >= 0.3 is 0 Å². The molecule has 7 heteroatoms. The molecule has 0 saturated heterocycles. The first-order valence-electron chi connectivity index (χ1n) is 5.91. The van der Waals surface area contributed by atoms with Gasteiger partial charge in [-0.3, -0.25) is 4.72 Å². The number of nitrogens with one attached hydrogen (secondary N) is 1. The van der Waals surface area contributed by atoms with E-state index in [0.717, 1.165) is 19.8 Å². The van der Waals surface area contributed by atoms with Gasteiger partial charge in [0.1, 0.15) is 4.90 Å². The van der Waals surface area contributed by atoms with Crippen LogP contribution in [0.25, 0.3) is 0 Å². The van der Waals surface area contributed by atoms with Gasteiger partial charge in [-0.25, -0.2) is 8.42 Å². The van der Waals surface area contributed by atoms with Crippen LogP contribution in [0.3, 0.4) is 0 Å². The zero-order valence-electron chi connectivity index (χ0n) is 11.1. The van der Waals surface area contributed by atoms with Crippen LogP contribution in [-0.4, -0.2) is 8.42 Å². The molecule has 1 aromatic heterocycles. The number of hydrogen-bond donors (Lipinski definition) is 2. The van der Waals surface area contributed by atoms with Gasteiger partial charge in [0.2, 0.25) is 0 Å². The summed E-state index contributed by atoms with van der Waals surface area (Å²) in [6, 6.07) is 7.07. The first kappa shape index (κ1) is 15.5. The second-order valence-electron chi connectivity index (χ2n) is 4.46. The van der Waals surface area contributed by atoms with Gasteiger partial charge in [0.05, 0.1) is 5.69 Å². The third kappa shape index (κ3) is 3.41. The molecular weight excluding hydrogens is 360 g/mol. The average molecular weight is 375 g/mol. The summed E-state index contributed by atoms with van der Waals surface area (Å²) in [5.41, 5.74) is 7.07. The van der Waals surface area contributed by atoms with Crippen molar-refractivity contribution in [2.45, 2.75) is 25.3 Å². The molecule has 2 rings (SSSR count). The summed E-state index contributed by atoms with van der Waals surface area (Å²) in [4.78, 5) is 1.89. The first-order valence-corrected chi connectivity index (χ1v) is 9.00. The Morgan fingerprint density at radius 2 is 1.95 bits per heavy atom. The molecule has 0 spiro atoms. The van der Waals surface area contributed by atoms with Crippen molar-refractivity contribution in [3.8, 4) is 0 Å². The molecule has 1 aromatic carbocycles. The maximum atomic E-state index is 12.4. The van der Waals surface area contributed by atoms with Crippen LogP contribution in [0.1, 0.15) is 15.3 Å². The molecule has 108 valence electrons. The van der Waals surface area contributed by atoms with Gasteiger partial charge in [-0.15, -0.1) is 11.3 Å². The summed E-state index contributed by atoms with van der Waals surface area (Å²) in [6.45, 7) is 4.03. The van der Waals surface area contributed by atoms with Crippen LogP contribution in [0, 0.1) is 13.8 Å². The fraction of sp³-hybridized carbons (Fsp3) is 0.231. The van der Waals surface area contributed by atoms with Gasteiger partial charge in [-0.05, 0) is 43.7 Å². The predicted octanol–water partition coefficient (Wildman–Crippen LogP) is 3.39. The maximum Gasteiger partial charge on any atom is 0.263 e. The molecule has 0 bridgehead atoms. The maximum absolute atomic E-state index is 12.4. The highest BCUT2D eigenvalue weighted by Crippen LogP contribution is 2.28. The Labute approximate surface area is 131 Å². The second kappa shape index (κ2) is 5.85. The zero-order valence-corrected chi connectivity index (χ0v) is 14.3. The van der Waals surface area contributed by atoms with E-state index >= 15 is 0 Å². The lowest BCUT2D eigenvalue weighted by Gasteiger charge is -2.09. The number of aryl methyl sites for hydroxylation is 2. The van der Waals surface area contributed by atoms with Gasteiger partial charge < -0.3 is 5.73 Å². The van der Waals surface area contributed by atoms with Crippen molar-refractivity contribution >= 4 is 43.0 Å². The monoisotopic (exact) mass is 374 g/mol. The molecule has 0 amide bonds. The Kier molecular flexibility index (Phi) is 4.53. The van der Waals surface area contributed by atoms with Crippen LogP contribution >= 0.6 is 27.3 Å². The van der Waals surface area contributed by atoms with E-state index in [4.69, 9.17) is 5.73 Å². The summed E-state index contributed by atoms with van der Waals surface area (Å²) in [6.07, 6.45) is 0. The number of thiophene rings is 1. The minimum absolute atomic E-state index is 0.292. The minimum atomic E-state index is -3.58. The lowest BCUT2D eigenvalue weighted by molar-refractivity contribution is 0.601. The van der Waals surface area contributed by atoms with Gasteiger partial charge in [0.15, 0.2) is 0 Å². The van der Waals surface area contributed by atoms with E-state index in [1.165, 1.54) is 11.3 Å². The Balaban J connectivity index is 2.37. The Bertz CT molecular complexity index is 719. The Morgan fingerprint density at radius 3 is 2.50 bits per heavy atom. The first-order chi connectivity index (χ1) is 9.31. The molecule has 20 heavy (non-hydrogen) atoms. The second-order valence-corrected chi connectivity index (χ2v) is 8.37. The number of sulfonamides is 1. The third-order valence-electron chi connectivity index (χ3n) is 2.71. The third-order valence-corrected chi connectivity index (χ3v) is 5.88. The van der Waals surface area contributed by atoms with Crippen molar-refractivity contribution in [1.82, 2.24) is 0 Å². The minimum Gasteiger partial charge on any atom is -0.326 e. The molecule has 0 atom stereocenters. The molecule has 0 unspecified atom stereocenters. The molecule has 0 aliphatic rings. The van der Waals surface area contributed by atoms with Gasteiger partial charge in [-0.1, -0.05) is 15.9 Å². The lowest BCUT2D eigenvalue weighted by Crippen LogP contribution is -2.13. The van der Waals surface area contributed by atoms with Crippen LogP contribution in [0.2, 0.25) is 0 Å². The Morgan fingerprint density at radius 1 is 1.25 bits per heavy atom. The predicted molar refractivity (Wildman–Crippen MR) is 86.6 cm³/mol. The van der Waals surface area contributed by atoms with Gasteiger partial charge in [0.25, 0.3) is 10.0 Å². The van der Waals surface area contributed by atoms with Crippen molar-refractivity contribution in [3.63, 3.8) is 0 Å². The largest absolute Gasteiger partial charge is 0.326 e. The van der Waals surface area contributed by atoms with Gasteiger partial charge in [0, 0.05) is 20.8 Å². The normalized spacial score (nSPS) is 11.6. The molecule has 1 heterocycles. The van der Waals surface area contributed by atoms with Crippen molar-refractivity contribution in [1.29, 1.82) is 0 Å². The quantitative estimate of drug-likeness (QED) is 0.861. The van der Waals surface area contributed by atoms with Crippen LogP contribution in [0.4, 0.5) is 5.69 Å². The number of halogens is 1. The molecular formula is C13H15BrN2O2S2. The van der Waals surface area contributed by atoms with E-state index in [0.29, 0.717) is 17.1 Å². The molecule has 0 saturated carbocycles. The van der Waals surface area contributed by atoms with Crippen molar-refractivity contribution in [2.24, 2.45) is 5.73 Å². The molecule has 0 aliphatic heterocycles. The van der Waals surface area contributed by atoms with E-state index in [-0.39, 0.29) is 0 Å². The summed E-state index contributed by atoms with van der Waals surface area (Å²) >= 11 is 4.76. The van der Waals surface area contributed by atoms with E-state index in [9.17, 15) is 8.42 Å². The number of hydrogen-bond acceptors (Lipinski definition) is 4. The molecule has 0 aliphatic carbocycles. The van der Waals surface area contributed by atoms with Gasteiger partial charge in [-0.2, -0.15) is 0 Å². The van der Waals surface area contributed by atoms with E-state index < -0.39 is 10.0 Å². The Hall–Kier alpha value is -0.890. The molecule has 0 radical (unpaired) electrons. The van der Waals surface area contributed by atoms with Crippen LogP contribution in [0.5, 0.6) is 0 Å². The highest BCUT2D eigenvalue weighted by Gasteiger charge is 2.20.